The van der Waals surface area contributed by atoms with Crippen molar-refractivity contribution in [2.45, 2.75) is 19.4 Å². The van der Waals surface area contributed by atoms with E-state index in [9.17, 15) is 0 Å². The van der Waals surface area contributed by atoms with E-state index < -0.39 is 5.60 Å². The highest BCUT2D eigenvalue weighted by molar-refractivity contribution is 5.42. The van der Waals surface area contributed by atoms with Crippen molar-refractivity contribution in [3.8, 4) is 23.7 Å². The molecule has 0 aliphatic carbocycles. The van der Waals surface area contributed by atoms with E-state index in [1.807, 2.05) is 38.1 Å². The fourth-order valence-corrected chi connectivity index (χ4v) is 1.49. The van der Waals surface area contributed by atoms with Crippen LogP contribution < -0.4 is 0 Å². The molecule has 0 amide bonds. The van der Waals surface area contributed by atoms with Gasteiger partial charge in [0.05, 0.1) is 13.2 Å². The molecule has 0 spiro atoms. The fraction of sp³-hybridized carbons (Fsp3) is 0.300. The van der Waals surface area contributed by atoms with E-state index in [-0.39, 0.29) is 0 Å². The van der Waals surface area contributed by atoms with Crippen LogP contribution >= 0.6 is 0 Å². The molecule has 0 bridgehead atoms. The van der Waals surface area contributed by atoms with E-state index in [4.69, 9.17) is 9.47 Å². The largest absolute Gasteiger partial charge is 0.365 e. The first-order chi connectivity index (χ1) is 10.6. The Balaban J connectivity index is 2.62. The van der Waals surface area contributed by atoms with E-state index in [0.29, 0.717) is 19.8 Å². The molecule has 1 aromatic carbocycles. The number of hydrogen-bond donors (Lipinski definition) is 0. The van der Waals surface area contributed by atoms with Crippen molar-refractivity contribution < 1.29 is 9.47 Å². The van der Waals surface area contributed by atoms with Crippen molar-refractivity contribution in [3.05, 3.63) is 60.7 Å². The number of rotatable bonds is 6. The smallest absolute Gasteiger partial charge is 0.123 e. The molecule has 0 radical (unpaired) electrons. The molecule has 0 unspecified atom stereocenters. The topological polar surface area (TPSA) is 18.5 Å². The Hall–Kier alpha value is -2.26. The van der Waals surface area contributed by atoms with Gasteiger partial charge in [-0.15, -0.1) is 13.2 Å². The van der Waals surface area contributed by atoms with Gasteiger partial charge in [-0.3, -0.25) is 0 Å². The normalized spacial score (nSPS) is 9.91. The molecule has 0 saturated heterocycles. The van der Waals surface area contributed by atoms with Gasteiger partial charge in [0, 0.05) is 11.1 Å². The molecule has 2 heteroatoms. The molecule has 0 atom stereocenters. The zero-order chi connectivity index (χ0) is 16.3. The molecule has 0 fully saturated rings. The molecule has 22 heavy (non-hydrogen) atoms. The summed E-state index contributed by atoms with van der Waals surface area (Å²) in [5, 5.41) is 0. The van der Waals surface area contributed by atoms with Gasteiger partial charge in [0.15, 0.2) is 0 Å². The van der Waals surface area contributed by atoms with Crippen LogP contribution in [-0.2, 0) is 9.47 Å². The van der Waals surface area contributed by atoms with Gasteiger partial charge in [0.2, 0.25) is 0 Å². The van der Waals surface area contributed by atoms with Gasteiger partial charge in [-0.25, -0.2) is 0 Å². The van der Waals surface area contributed by atoms with Crippen LogP contribution in [0.2, 0.25) is 0 Å². The van der Waals surface area contributed by atoms with Gasteiger partial charge < -0.3 is 9.47 Å². The fourth-order valence-electron chi connectivity index (χ4n) is 1.49. The average Bonchev–Trinajstić information content (AvgIpc) is 2.52. The third kappa shape index (κ3) is 7.50. The summed E-state index contributed by atoms with van der Waals surface area (Å²) < 4.78 is 10.8. The summed E-state index contributed by atoms with van der Waals surface area (Å²) in [7, 11) is 0. The Labute approximate surface area is 133 Å². The summed E-state index contributed by atoms with van der Waals surface area (Å²) in [4.78, 5) is 0. The van der Waals surface area contributed by atoms with Crippen LogP contribution in [0.3, 0.4) is 0 Å². The summed E-state index contributed by atoms with van der Waals surface area (Å²) in [5.74, 6) is 12.2. The standard InChI is InChI=1S/C20H22O2/c1-5-15-21-17-7-8-18-9-11-19(12-10-18)13-14-20(3,4)22-16-6-2/h5-6,9-12H,1-2,15-17H2,3-4H3. The van der Waals surface area contributed by atoms with E-state index >= 15 is 0 Å². The van der Waals surface area contributed by atoms with Crippen molar-refractivity contribution in [2.24, 2.45) is 0 Å². The first-order valence-corrected chi connectivity index (χ1v) is 7.13. The third-order valence-corrected chi connectivity index (χ3v) is 2.60. The van der Waals surface area contributed by atoms with Crippen molar-refractivity contribution in [3.63, 3.8) is 0 Å². The molecule has 114 valence electrons. The zero-order valence-electron chi connectivity index (χ0n) is 13.3. The Bertz CT molecular complexity index is 601. The lowest BCUT2D eigenvalue weighted by atomic mass is 10.1. The second-order valence-corrected chi connectivity index (χ2v) is 5.04. The molecule has 1 aromatic rings. The third-order valence-electron chi connectivity index (χ3n) is 2.60. The average molecular weight is 294 g/mol. The second-order valence-electron chi connectivity index (χ2n) is 5.04. The quantitative estimate of drug-likeness (QED) is 0.453. The summed E-state index contributed by atoms with van der Waals surface area (Å²) >= 11 is 0. The van der Waals surface area contributed by atoms with Gasteiger partial charge in [0.25, 0.3) is 0 Å². The van der Waals surface area contributed by atoms with Gasteiger partial charge in [-0.05, 0) is 38.1 Å². The molecule has 0 heterocycles. The molecule has 1 rings (SSSR count). The van der Waals surface area contributed by atoms with Crippen LogP contribution in [0.1, 0.15) is 25.0 Å². The highest BCUT2D eigenvalue weighted by Crippen LogP contribution is 2.08. The molecular formula is C20H22O2. The van der Waals surface area contributed by atoms with Gasteiger partial charge in [0.1, 0.15) is 12.2 Å². The minimum Gasteiger partial charge on any atom is -0.365 e. The van der Waals surface area contributed by atoms with E-state index in [0.717, 1.165) is 11.1 Å². The molecule has 0 saturated carbocycles. The van der Waals surface area contributed by atoms with E-state index in [1.165, 1.54) is 0 Å². The predicted molar refractivity (Wildman–Crippen MR) is 91.4 cm³/mol. The van der Waals surface area contributed by atoms with Crippen LogP contribution in [0.15, 0.2) is 49.6 Å². The first kappa shape index (κ1) is 17.8. The van der Waals surface area contributed by atoms with Crippen LogP contribution in [0, 0.1) is 23.7 Å². The summed E-state index contributed by atoms with van der Waals surface area (Å²) in [6, 6.07) is 7.79. The Morgan fingerprint density at radius 1 is 1.00 bits per heavy atom. The maximum absolute atomic E-state index is 5.57. The van der Waals surface area contributed by atoms with Crippen molar-refractivity contribution in [2.75, 3.05) is 19.8 Å². The van der Waals surface area contributed by atoms with E-state index in [1.54, 1.807) is 12.2 Å². The predicted octanol–water partition coefficient (Wildman–Crippen LogP) is 3.57. The van der Waals surface area contributed by atoms with Crippen molar-refractivity contribution >= 4 is 0 Å². The Morgan fingerprint density at radius 3 is 2.18 bits per heavy atom. The van der Waals surface area contributed by atoms with Gasteiger partial charge in [-0.1, -0.05) is 35.8 Å². The molecule has 2 nitrogen and oxygen atoms in total. The number of ether oxygens (including phenoxy) is 2. The SMILES string of the molecule is C=CCOCC#Cc1ccc(C#CC(C)(C)OCC=C)cc1. The lowest BCUT2D eigenvalue weighted by molar-refractivity contribution is 0.0470. The van der Waals surface area contributed by atoms with Crippen LogP contribution in [0.5, 0.6) is 0 Å². The van der Waals surface area contributed by atoms with Crippen molar-refractivity contribution in [1.29, 1.82) is 0 Å². The van der Waals surface area contributed by atoms with Gasteiger partial charge in [-0.2, -0.15) is 0 Å². The summed E-state index contributed by atoms with van der Waals surface area (Å²) in [6.45, 7) is 12.5. The number of hydrogen-bond acceptors (Lipinski definition) is 2. The number of benzene rings is 1. The van der Waals surface area contributed by atoms with E-state index in [2.05, 4.69) is 36.8 Å². The lowest BCUT2D eigenvalue weighted by Gasteiger charge is -2.17. The highest BCUT2D eigenvalue weighted by atomic mass is 16.5. The lowest BCUT2D eigenvalue weighted by Crippen LogP contribution is -2.21. The molecular weight excluding hydrogens is 272 g/mol. The monoisotopic (exact) mass is 294 g/mol. The van der Waals surface area contributed by atoms with Crippen molar-refractivity contribution in [1.82, 2.24) is 0 Å². The Kier molecular flexibility index (Phi) is 7.79. The Morgan fingerprint density at radius 2 is 1.59 bits per heavy atom. The maximum Gasteiger partial charge on any atom is 0.123 e. The van der Waals surface area contributed by atoms with Crippen LogP contribution in [0.25, 0.3) is 0 Å². The summed E-state index contributed by atoms with van der Waals surface area (Å²) in [6.07, 6.45) is 3.42. The summed E-state index contributed by atoms with van der Waals surface area (Å²) in [5.41, 5.74) is 1.38. The molecule has 0 N–H and O–H groups in total. The highest BCUT2D eigenvalue weighted by Gasteiger charge is 2.12. The van der Waals surface area contributed by atoms with Gasteiger partial charge >= 0.3 is 0 Å². The molecule has 0 aliphatic heterocycles. The second kappa shape index (κ2) is 9.64. The minimum atomic E-state index is -0.491. The van der Waals surface area contributed by atoms with Crippen LogP contribution in [-0.4, -0.2) is 25.4 Å². The van der Waals surface area contributed by atoms with Crippen LogP contribution in [0.4, 0.5) is 0 Å². The molecule has 0 aliphatic rings. The first-order valence-electron chi connectivity index (χ1n) is 7.13. The zero-order valence-corrected chi connectivity index (χ0v) is 13.3. The molecule has 0 aromatic heterocycles. The minimum absolute atomic E-state index is 0.405. The maximum atomic E-state index is 5.57.